The van der Waals surface area contributed by atoms with Crippen LogP contribution in [0.4, 0.5) is 5.69 Å². The van der Waals surface area contributed by atoms with Gasteiger partial charge < -0.3 is 10.6 Å². The van der Waals surface area contributed by atoms with Crippen LogP contribution < -0.4 is 10.6 Å². The zero-order valence-electron chi connectivity index (χ0n) is 12.4. The molecule has 3 heterocycles. The second-order valence-electron chi connectivity index (χ2n) is 6.62. The molecule has 0 aliphatic carbocycles. The summed E-state index contributed by atoms with van der Waals surface area (Å²) < 4.78 is 0. The molecule has 0 spiro atoms. The standard InChI is InChI=1S/C17H23N3O/c21-16-5-4-13-10-20(9-7-15(13)19-16)11-14-3-1-2-12-6-8-18-17(12)14/h1-3,13,15,18H,4-11H2,(H,19,21). The number of nitrogens with one attached hydrogen (secondary N) is 2. The second kappa shape index (κ2) is 5.34. The Kier molecular flexibility index (Phi) is 3.34. The minimum atomic E-state index is 0.245. The molecule has 1 aromatic carbocycles. The maximum Gasteiger partial charge on any atom is 0.220 e. The van der Waals surface area contributed by atoms with Gasteiger partial charge in [-0.15, -0.1) is 0 Å². The zero-order valence-corrected chi connectivity index (χ0v) is 12.4. The van der Waals surface area contributed by atoms with E-state index in [1.165, 1.54) is 16.8 Å². The predicted octanol–water partition coefficient (Wildman–Crippen LogP) is 1.76. The van der Waals surface area contributed by atoms with E-state index in [2.05, 4.69) is 33.7 Å². The first kappa shape index (κ1) is 13.1. The smallest absolute Gasteiger partial charge is 0.220 e. The van der Waals surface area contributed by atoms with Crippen molar-refractivity contribution in [1.82, 2.24) is 10.2 Å². The lowest BCUT2D eigenvalue weighted by Gasteiger charge is -2.41. The van der Waals surface area contributed by atoms with E-state index in [1.807, 2.05) is 0 Å². The van der Waals surface area contributed by atoms with E-state index in [4.69, 9.17) is 0 Å². The highest BCUT2D eigenvalue weighted by molar-refractivity contribution is 5.77. The summed E-state index contributed by atoms with van der Waals surface area (Å²) in [6.45, 7) is 4.32. The highest BCUT2D eigenvalue weighted by atomic mass is 16.1. The van der Waals surface area contributed by atoms with Gasteiger partial charge in [-0.3, -0.25) is 9.69 Å². The Balaban J connectivity index is 1.45. The van der Waals surface area contributed by atoms with Crippen LogP contribution in [0, 0.1) is 5.92 Å². The molecule has 0 aromatic heterocycles. The molecule has 1 amide bonds. The van der Waals surface area contributed by atoms with Gasteiger partial charge in [-0.05, 0) is 36.3 Å². The van der Waals surface area contributed by atoms with Crippen LogP contribution in [0.3, 0.4) is 0 Å². The molecule has 1 aromatic rings. The number of likely N-dealkylation sites (tertiary alicyclic amines) is 1. The van der Waals surface area contributed by atoms with Crippen molar-refractivity contribution in [3.8, 4) is 0 Å². The van der Waals surface area contributed by atoms with E-state index >= 15 is 0 Å². The van der Waals surface area contributed by atoms with Crippen LogP contribution in [0.15, 0.2) is 18.2 Å². The Hall–Kier alpha value is -1.55. The number of rotatable bonds is 2. The van der Waals surface area contributed by atoms with Gasteiger partial charge in [-0.25, -0.2) is 0 Å². The Labute approximate surface area is 125 Å². The lowest BCUT2D eigenvalue weighted by Crippen LogP contribution is -2.53. The van der Waals surface area contributed by atoms with Crippen molar-refractivity contribution < 1.29 is 4.79 Å². The summed E-state index contributed by atoms with van der Waals surface area (Å²) in [4.78, 5) is 14.0. The number of anilines is 1. The van der Waals surface area contributed by atoms with E-state index in [0.29, 0.717) is 18.4 Å². The molecule has 0 saturated carbocycles. The molecule has 0 radical (unpaired) electrons. The van der Waals surface area contributed by atoms with Gasteiger partial charge in [-0.2, -0.15) is 0 Å². The first-order chi connectivity index (χ1) is 10.3. The number of carbonyl (C=O) groups excluding carboxylic acids is 1. The molecule has 4 nitrogen and oxygen atoms in total. The monoisotopic (exact) mass is 285 g/mol. The number of amides is 1. The Morgan fingerprint density at radius 1 is 1.24 bits per heavy atom. The van der Waals surface area contributed by atoms with E-state index in [-0.39, 0.29) is 5.91 Å². The van der Waals surface area contributed by atoms with Crippen LogP contribution in [-0.4, -0.2) is 36.5 Å². The number of hydrogen-bond donors (Lipinski definition) is 2. The molecule has 3 aliphatic heterocycles. The van der Waals surface area contributed by atoms with E-state index in [1.54, 1.807) is 0 Å². The highest BCUT2D eigenvalue weighted by Crippen LogP contribution is 2.30. The van der Waals surface area contributed by atoms with Crippen molar-refractivity contribution in [3.63, 3.8) is 0 Å². The number of carbonyl (C=O) groups is 1. The lowest BCUT2D eigenvalue weighted by molar-refractivity contribution is -0.125. The third-order valence-electron chi connectivity index (χ3n) is 5.23. The topological polar surface area (TPSA) is 44.4 Å². The molecule has 21 heavy (non-hydrogen) atoms. The Morgan fingerprint density at radius 2 is 2.19 bits per heavy atom. The third-order valence-corrected chi connectivity index (χ3v) is 5.23. The molecular formula is C17H23N3O. The summed E-state index contributed by atoms with van der Waals surface area (Å²) in [5.41, 5.74) is 4.27. The molecule has 4 heteroatoms. The first-order valence-electron chi connectivity index (χ1n) is 8.16. The summed E-state index contributed by atoms with van der Waals surface area (Å²) in [7, 11) is 0. The first-order valence-corrected chi connectivity index (χ1v) is 8.16. The Morgan fingerprint density at radius 3 is 3.14 bits per heavy atom. The summed E-state index contributed by atoms with van der Waals surface area (Å²) in [5, 5.41) is 6.70. The van der Waals surface area contributed by atoms with Crippen molar-refractivity contribution in [2.45, 2.75) is 38.3 Å². The minimum absolute atomic E-state index is 0.245. The predicted molar refractivity (Wildman–Crippen MR) is 83.2 cm³/mol. The van der Waals surface area contributed by atoms with Crippen LogP contribution in [0.5, 0.6) is 0 Å². The molecule has 2 N–H and O–H groups in total. The van der Waals surface area contributed by atoms with Crippen molar-refractivity contribution in [2.24, 2.45) is 5.92 Å². The molecule has 2 unspecified atom stereocenters. The van der Waals surface area contributed by atoms with Gasteiger partial charge in [0.25, 0.3) is 0 Å². The molecule has 0 bridgehead atoms. The van der Waals surface area contributed by atoms with Gasteiger partial charge in [0.15, 0.2) is 0 Å². The van der Waals surface area contributed by atoms with Crippen molar-refractivity contribution in [3.05, 3.63) is 29.3 Å². The van der Waals surface area contributed by atoms with Gasteiger partial charge in [0.2, 0.25) is 5.91 Å². The number of nitrogens with zero attached hydrogens (tertiary/aromatic N) is 1. The fourth-order valence-corrected chi connectivity index (χ4v) is 4.11. The summed E-state index contributed by atoms with van der Waals surface area (Å²) in [6.07, 6.45) is 4.01. The molecule has 112 valence electrons. The molecule has 2 fully saturated rings. The van der Waals surface area contributed by atoms with E-state index in [0.717, 1.165) is 45.4 Å². The fraction of sp³-hybridized carbons (Fsp3) is 0.588. The van der Waals surface area contributed by atoms with E-state index in [9.17, 15) is 4.79 Å². The summed E-state index contributed by atoms with van der Waals surface area (Å²) in [5.74, 6) is 0.885. The SMILES string of the molecule is O=C1CCC2CN(Cc3cccc4c3NCC4)CCC2N1. The number of hydrogen-bond acceptors (Lipinski definition) is 3. The third kappa shape index (κ3) is 2.53. The largest absolute Gasteiger partial charge is 0.384 e. The molecule has 2 atom stereocenters. The maximum absolute atomic E-state index is 11.5. The molecule has 4 rings (SSSR count). The van der Waals surface area contributed by atoms with Crippen LogP contribution in [-0.2, 0) is 17.8 Å². The van der Waals surface area contributed by atoms with Crippen LogP contribution in [0.1, 0.15) is 30.4 Å². The maximum atomic E-state index is 11.5. The van der Waals surface area contributed by atoms with E-state index < -0.39 is 0 Å². The number of benzene rings is 1. The van der Waals surface area contributed by atoms with Crippen LogP contribution >= 0.6 is 0 Å². The summed E-state index contributed by atoms with van der Waals surface area (Å²) in [6, 6.07) is 7.10. The zero-order chi connectivity index (χ0) is 14.2. The summed E-state index contributed by atoms with van der Waals surface area (Å²) >= 11 is 0. The van der Waals surface area contributed by atoms with Gasteiger partial charge in [0.05, 0.1) is 0 Å². The number of fused-ring (bicyclic) bond motifs is 2. The lowest BCUT2D eigenvalue weighted by atomic mass is 9.85. The van der Waals surface area contributed by atoms with Gasteiger partial charge in [0, 0.05) is 44.3 Å². The molecular weight excluding hydrogens is 262 g/mol. The fourth-order valence-electron chi connectivity index (χ4n) is 4.11. The van der Waals surface area contributed by atoms with Crippen molar-refractivity contribution >= 4 is 11.6 Å². The average Bonchev–Trinajstić information content (AvgIpc) is 2.97. The minimum Gasteiger partial charge on any atom is -0.384 e. The highest BCUT2D eigenvalue weighted by Gasteiger charge is 2.33. The van der Waals surface area contributed by atoms with Crippen molar-refractivity contribution in [2.75, 3.05) is 25.0 Å². The average molecular weight is 285 g/mol. The van der Waals surface area contributed by atoms with Gasteiger partial charge >= 0.3 is 0 Å². The van der Waals surface area contributed by atoms with Gasteiger partial charge in [-0.1, -0.05) is 18.2 Å². The molecule has 3 aliphatic rings. The van der Waals surface area contributed by atoms with Crippen LogP contribution in [0.2, 0.25) is 0 Å². The van der Waals surface area contributed by atoms with Crippen LogP contribution in [0.25, 0.3) is 0 Å². The van der Waals surface area contributed by atoms with Gasteiger partial charge in [0.1, 0.15) is 0 Å². The quantitative estimate of drug-likeness (QED) is 0.870. The second-order valence-corrected chi connectivity index (χ2v) is 6.62. The number of piperidine rings is 2. The Bertz CT molecular complexity index is 557. The number of para-hydroxylation sites is 1. The normalized spacial score (nSPS) is 28.5. The molecule has 2 saturated heterocycles. The van der Waals surface area contributed by atoms with Crippen molar-refractivity contribution in [1.29, 1.82) is 0 Å².